The lowest BCUT2D eigenvalue weighted by molar-refractivity contribution is 0.281. The van der Waals surface area contributed by atoms with Crippen LogP contribution in [0.4, 0.5) is 5.88 Å². The summed E-state index contributed by atoms with van der Waals surface area (Å²) >= 11 is 0. The van der Waals surface area contributed by atoms with Gasteiger partial charge >= 0.3 is 0 Å². The molecule has 0 amide bonds. The predicted molar refractivity (Wildman–Crippen MR) is 98.0 cm³/mol. The number of nitrogens with zero attached hydrogens (tertiary/aromatic N) is 3. The molecule has 0 unspecified atom stereocenters. The van der Waals surface area contributed by atoms with Gasteiger partial charge in [0, 0.05) is 25.2 Å². The van der Waals surface area contributed by atoms with E-state index in [1.165, 1.54) is 0 Å². The number of nitrogens with one attached hydrogen (secondary N) is 1. The average molecular weight is 374 g/mol. The minimum absolute atomic E-state index is 0.181. The zero-order valence-corrected chi connectivity index (χ0v) is 15.7. The zero-order chi connectivity index (χ0) is 18.7. The summed E-state index contributed by atoms with van der Waals surface area (Å²) in [5.74, 6) is 0.982. The first-order valence-electron chi connectivity index (χ1n) is 8.71. The van der Waals surface area contributed by atoms with Crippen LogP contribution >= 0.6 is 0 Å². The highest BCUT2D eigenvalue weighted by Gasteiger charge is 2.28. The number of benzene rings is 1. The largest absolute Gasteiger partial charge is 0.419 e. The van der Waals surface area contributed by atoms with Crippen molar-refractivity contribution in [3.05, 3.63) is 30.0 Å². The summed E-state index contributed by atoms with van der Waals surface area (Å²) in [5, 5.41) is 12.1. The molecule has 1 fully saturated rings. The molecule has 1 N–H and O–H groups in total. The summed E-state index contributed by atoms with van der Waals surface area (Å²) in [4.78, 5) is 4.42. The molecule has 0 aliphatic carbocycles. The van der Waals surface area contributed by atoms with Gasteiger partial charge in [0.2, 0.25) is 27.5 Å². The number of oxazole rings is 1. The van der Waals surface area contributed by atoms with Crippen LogP contribution in [-0.2, 0) is 10.0 Å². The SMILES string of the molecule is CCNc1oc(-c2ccc(S(=O)(=O)N3CCC[C@@H](C)C3)cc2)nc1C#N. The molecule has 1 aromatic heterocycles. The molecule has 1 aliphatic heterocycles. The van der Waals surface area contributed by atoms with Crippen molar-refractivity contribution in [1.82, 2.24) is 9.29 Å². The number of sulfonamides is 1. The first kappa shape index (κ1) is 18.4. The monoisotopic (exact) mass is 374 g/mol. The van der Waals surface area contributed by atoms with E-state index in [9.17, 15) is 8.42 Å². The van der Waals surface area contributed by atoms with Gasteiger partial charge in [-0.25, -0.2) is 8.42 Å². The van der Waals surface area contributed by atoms with E-state index in [1.807, 2.05) is 13.0 Å². The molecule has 0 bridgehead atoms. The van der Waals surface area contributed by atoms with Gasteiger partial charge in [0.1, 0.15) is 6.07 Å². The second-order valence-corrected chi connectivity index (χ2v) is 8.41. The predicted octanol–water partition coefficient (Wildman–Crippen LogP) is 3.07. The summed E-state index contributed by atoms with van der Waals surface area (Å²) < 4.78 is 32.7. The number of anilines is 1. The lowest BCUT2D eigenvalue weighted by atomic mass is 10.0. The molecule has 3 rings (SSSR count). The number of piperidine rings is 1. The van der Waals surface area contributed by atoms with Crippen molar-refractivity contribution in [2.75, 3.05) is 25.0 Å². The number of aromatic nitrogens is 1. The van der Waals surface area contributed by atoms with Crippen molar-refractivity contribution in [1.29, 1.82) is 5.26 Å². The third-order valence-electron chi connectivity index (χ3n) is 4.43. The van der Waals surface area contributed by atoms with E-state index < -0.39 is 10.0 Å². The Kier molecular flexibility index (Phi) is 5.30. The van der Waals surface area contributed by atoms with E-state index in [4.69, 9.17) is 9.68 Å². The van der Waals surface area contributed by atoms with Crippen LogP contribution in [0.15, 0.2) is 33.6 Å². The average Bonchev–Trinajstić information content (AvgIpc) is 3.05. The maximum Gasteiger partial charge on any atom is 0.243 e. The standard InChI is InChI=1S/C18H22N4O3S/c1-3-20-18-16(11-19)21-17(25-18)14-6-8-15(9-7-14)26(23,24)22-10-4-5-13(2)12-22/h6-9,13,20H,3-5,10,12H2,1-2H3/t13-/m1/s1. The van der Waals surface area contributed by atoms with Crippen LogP contribution in [0.1, 0.15) is 32.4 Å². The number of nitriles is 1. The molecule has 1 saturated heterocycles. The van der Waals surface area contributed by atoms with Gasteiger partial charge in [-0.3, -0.25) is 0 Å². The molecule has 138 valence electrons. The Labute approximate surface area is 153 Å². The summed E-state index contributed by atoms with van der Waals surface area (Å²) in [6.07, 6.45) is 1.95. The molecule has 0 saturated carbocycles. The third-order valence-corrected chi connectivity index (χ3v) is 6.31. The van der Waals surface area contributed by atoms with Gasteiger partial charge in [-0.15, -0.1) is 0 Å². The molecular formula is C18H22N4O3S. The van der Waals surface area contributed by atoms with Crippen molar-refractivity contribution in [3.8, 4) is 17.5 Å². The Bertz CT molecular complexity index is 913. The zero-order valence-electron chi connectivity index (χ0n) is 14.9. The van der Waals surface area contributed by atoms with Gasteiger partial charge in [-0.2, -0.15) is 14.6 Å². The quantitative estimate of drug-likeness (QED) is 0.863. The van der Waals surface area contributed by atoms with E-state index in [1.54, 1.807) is 28.6 Å². The summed E-state index contributed by atoms with van der Waals surface area (Å²) in [7, 11) is -3.49. The van der Waals surface area contributed by atoms with Crippen LogP contribution < -0.4 is 5.32 Å². The van der Waals surface area contributed by atoms with Crippen LogP contribution in [0.25, 0.3) is 11.5 Å². The van der Waals surface area contributed by atoms with Crippen molar-refractivity contribution in [3.63, 3.8) is 0 Å². The highest BCUT2D eigenvalue weighted by Crippen LogP contribution is 2.28. The lowest BCUT2D eigenvalue weighted by Crippen LogP contribution is -2.39. The van der Waals surface area contributed by atoms with Crippen LogP contribution in [0, 0.1) is 17.2 Å². The van der Waals surface area contributed by atoms with Crippen LogP contribution in [0.5, 0.6) is 0 Å². The maximum absolute atomic E-state index is 12.8. The van der Waals surface area contributed by atoms with Gasteiger partial charge < -0.3 is 9.73 Å². The highest BCUT2D eigenvalue weighted by molar-refractivity contribution is 7.89. The van der Waals surface area contributed by atoms with Gasteiger partial charge in [-0.05, 0) is 49.9 Å². The molecule has 1 atom stereocenters. The van der Waals surface area contributed by atoms with Crippen molar-refractivity contribution < 1.29 is 12.8 Å². The normalized spacial score (nSPS) is 18.4. The molecule has 0 radical (unpaired) electrons. The molecule has 2 heterocycles. The van der Waals surface area contributed by atoms with E-state index in [-0.39, 0.29) is 16.5 Å². The van der Waals surface area contributed by atoms with Crippen LogP contribution in [-0.4, -0.2) is 37.3 Å². The fourth-order valence-corrected chi connectivity index (χ4v) is 4.68. The highest BCUT2D eigenvalue weighted by atomic mass is 32.2. The minimum atomic E-state index is -3.49. The molecule has 26 heavy (non-hydrogen) atoms. The van der Waals surface area contributed by atoms with Gasteiger partial charge in [0.15, 0.2) is 0 Å². The fourth-order valence-electron chi connectivity index (χ4n) is 3.08. The summed E-state index contributed by atoms with van der Waals surface area (Å²) in [5.41, 5.74) is 0.803. The molecule has 0 spiro atoms. The second-order valence-electron chi connectivity index (χ2n) is 6.47. The summed E-state index contributed by atoms with van der Waals surface area (Å²) in [6, 6.07) is 8.42. The molecule has 8 heteroatoms. The van der Waals surface area contributed by atoms with E-state index in [2.05, 4.69) is 17.2 Å². The molecular weight excluding hydrogens is 352 g/mol. The van der Waals surface area contributed by atoms with Gasteiger partial charge in [-0.1, -0.05) is 6.92 Å². The topological polar surface area (TPSA) is 99.2 Å². The van der Waals surface area contributed by atoms with E-state index >= 15 is 0 Å². The molecule has 1 aliphatic rings. The Morgan fingerprint density at radius 1 is 1.38 bits per heavy atom. The fraction of sp³-hybridized carbons (Fsp3) is 0.444. The van der Waals surface area contributed by atoms with Crippen molar-refractivity contribution in [2.45, 2.75) is 31.6 Å². The first-order chi connectivity index (χ1) is 12.5. The minimum Gasteiger partial charge on any atom is -0.419 e. The number of hydrogen-bond acceptors (Lipinski definition) is 6. The van der Waals surface area contributed by atoms with Crippen molar-refractivity contribution in [2.24, 2.45) is 5.92 Å². The third kappa shape index (κ3) is 3.59. The van der Waals surface area contributed by atoms with Gasteiger partial charge in [0.05, 0.1) is 4.90 Å². The van der Waals surface area contributed by atoms with Crippen LogP contribution in [0.2, 0.25) is 0 Å². The Hall–Kier alpha value is -2.37. The Balaban J connectivity index is 1.86. The number of rotatable bonds is 5. The second kappa shape index (κ2) is 7.48. The molecule has 2 aromatic rings. The lowest BCUT2D eigenvalue weighted by Gasteiger charge is -2.30. The number of hydrogen-bond donors (Lipinski definition) is 1. The Morgan fingerprint density at radius 3 is 2.73 bits per heavy atom. The van der Waals surface area contributed by atoms with Gasteiger partial charge in [0.25, 0.3) is 0 Å². The van der Waals surface area contributed by atoms with E-state index in [0.717, 1.165) is 12.8 Å². The first-order valence-corrected chi connectivity index (χ1v) is 10.1. The maximum atomic E-state index is 12.8. The molecule has 1 aromatic carbocycles. The van der Waals surface area contributed by atoms with Crippen LogP contribution in [0.3, 0.4) is 0 Å². The Morgan fingerprint density at radius 2 is 2.12 bits per heavy atom. The van der Waals surface area contributed by atoms with Crippen molar-refractivity contribution >= 4 is 15.9 Å². The van der Waals surface area contributed by atoms with E-state index in [0.29, 0.717) is 37.0 Å². The smallest absolute Gasteiger partial charge is 0.243 e. The summed E-state index contributed by atoms with van der Waals surface area (Å²) in [6.45, 7) is 5.69. The molecule has 7 nitrogen and oxygen atoms in total.